The fourth-order valence-corrected chi connectivity index (χ4v) is 1.48. The first-order valence-electron chi connectivity index (χ1n) is 5.05. The summed E-state index contributed by atoms with van der Waals surface area (Å²) < 4.78 is 0. The van der Waals surface area contributed by atoms with Crippen molar-refractivity contribution >= 4 is 29.3 Å². The number of amides is 1. The minimum atomic E-state index is -1.28. The number of aromatic nitrogens is 3. The molecule has 0 saturated carbocycles. The predicted molar refractivity (Wildman–Crippen MR) is 66.2 cm³/mol. The summed E-state index contributed by atoms with van der Waals surface area (Å²) in [6.45, 7) is 0. The number of nitrogens with one attached hydrogen (secondary N) is 1. The topological polar surface area (TPSA) is 105 Å². The van der Waals surface area contributed by atoms with Gasteiger partial charge in [-0.2, -0.15) is 0 Å². The molecular formula is C11H7ClN4O3. The number of carbonyl (C=O) groups excluding carboxylic acids is 1. The van der Waals surface area contributed by atoms with Crippen molar-refractivity contribution in [1.29, 1.82) is 0 Å². The number of rotatable bonds is 3. The lowest BCUT2D eigenvalue weighted by atomic mass is 10.2. The molecule has 0 unspecified atom stereocenters. The Hall–Kier alpha value is -2.54. The molecule has 2 aromatic heterocycles. The van der Waals surface area contributed by atoms with E-state index >= 15 is 0 Å². The molecule has 0 spiro atoms. The molecule has 7 nitrogen and oxygen atoms in total. The smallest absolute Gasteiger partial charge is 0.358 e. The molecule has 0 radical (unpaired) electrons. The molecule has 2 N–H and O–H groups in total. The normalized spacial score (nSPS) is 9.95. The van der Waals surface area contributed by atoms with E-state index in [1.807, 2.05) is 0 Å². The van der Waals surface area contributed by atoms with Crippen LogP contribution in [0.15, 0.2) is 30.7 Å². The quantitative estimate of drug-likeness (QED) is 0.824. The summed E-state index contributed by atoms with van der Waals surface area (Å²) in [4.78, 5) is 33.9. The van der Waals surface area contributed by atoms with Gasteiger partial charge >= 0.3 is 5.97 Å². The van der Waals surface area contributed by atoms with Crippen molar-refractivity contribution in [3.63, 3.8) is 0 Å². The van der Waals surface area contributed by atoms with Crippen LogP contribution >= 0.6 is 11.6 Å². The van der Waals surface area contributed by atoms with E-state index in [4.69, 9.17) is 16.7 Å². The Morgan fingerprint density at radius 3 is 2.58 bits per heavy atom. The monoisotopic (exact) mass is 278 g/mol. The zero-order chi connectivity index (χ0) is 13.8. The maximum atomic E-state index is 11.9. The highest BCUT2D eigenvalue weighted by atomic mass is 35.5. The van der Waals surface area contributed by atoms with Gasteiger partial charge in [0, 0.05) is 24.2 Å². The number of carboxylic acids is 1. The maximum Gasteiger partial charge on any atom is 0.358 e. The molecule has 2 heterocycles. The molecule has 19 heavy (non-hydrogen) atoms. The van der Waals surface area contributed by atoms with Crippen molar-refractivity contribution in [3.8, 4) is 0 Å². The van der Waals surface area contributed by atoms with Crippen molar-refractivity contribution in [2.24, 2.45) is 0 Å². The van der Waals surface area contributed by atoms with Crippen molar-refractivity contribution in [3.05, 3.63) is 47.1 Å². The highest BCUT2D eigenvalue weighted by Crippen LogP contribution is 2.12. The largest absolute Gasteiger partial charge is 0.476 e. The molecule has 0 aliphatic heterocycles. The van der Waals surface area contributed by atoms with Gasteiger partial charge in [-0.05, 0) is 12.1 Å². The molecule has 1 amide bonds. The fourth-order valence-electron chi connectivity index (χ4n) is 1.31. The molecule has 0 fully saturated rings. The van der Waals surface area contributed by atoms with E-state index in [2.05, 4.69) is 20.3 Å². The summed E-state index contributed by atoms with van der Waals surface area (Å²) in [5.41, 5.74) is -0.0991. The molecule has 2 aromatic rings. The Morgan fingerprint density at radius 2 is 1.89 bits per heavy atom. The number of halogens is 1. The van der Waals surface area contributed by atoms with E-state index in [1.165, 1.54) is 30.7 Å². The lowest BCUT2D eigenvalue weighted by Gasteiger charge is -2.06. The van der Waals surface area contributed by atoms with Crippen LogP contribution in [-0.2, 0) is 0 Å². The van der Waals surface area contributed by atoms with Gasteiger partial charge in [0.05, 0.1) is 0 Å². The molecule has 0 atom stereocenters. The van der Waals surface area contributed by atoms with Crippen LogP contribution in [0.25, 0.3) is 0 Å². The number of pyridine rings is 1. The second-order valence-electron chi connectivity index (χ2n) is 3.38. The first-order valence-corrected chi connectivity index (χ1v) is 5.43. The minimum absolute atomic E-state index is 0.132. The Balaban J connectivity index is 2.27. The molecule has 0 aliphatic rings. The Morgan fingerprint density at radius 1 is 1.16 bits per heavy atom. The van der Waals surface area contributed by atoms with Crippen molar-refractivity contribution in [1.82, 2.24) is 15.0 Å². The van der Waals surface area contributed by atoms with Crippen molar-refractivity contribution < 1.29 is 14.7 Å². The van der Waals surface area contributed by atoms with E-state index in [-0.39, 0.29) is 22.2 Å². The average molecular weight is 279 g/mol. The van der Waals surface area contributed by atoms with Crippen LogP contribution in [0.2, 0.25) is 5.15 Å². The predicted octanol–water partition coefficient (Wildman–Crippen LogP) is 1.48. The summed E-state index contributed by atoms with van der Waals surface area (Å²) in [6, 6.07) is 2.80. The molecule has 0 saturated heterocycles. The molecule has 96 valence electrons. The van der Waals surface area contributed by atoms with Crippen LogP contribution < -0.4 is 5.32 Å². The Kier molecular flexibility index (Phi) is 3.67. The standard InChI is InChI=1S/C11H7ClN4O3/c12-7-5-6(1-2-13-7)10(17)16-9-8(11(18)19)14-3-4-15-9/h1-5H,(H,18,19)(H,15,16,17). The van der Waals surface area contributed by atoms with Gasteiger partial charge in [-0.1, -0.05) is 11.6 Å². The number of aromatic carboxylic acids is 1. The van der Waals surface area contributed by atoms with Gasteiger partial charge in [0.25, 0.3) is 5.91 Å². The number of carboxylic acid groups (broad SMARTS) is 1. The fraction of sp³-hybridized carbons (Fsp3) is 0. The van der Waals surface area contributed by atoms with Crippen molar-refractivity contribution in [2.75, 3.05) is 5.32 Å². The van der Waals surface area contributed by atoms with Crippen LogP contribution in [0.5, 0.6) is 0 Å². The van der Waals surface area contributed by atoms with E-state index in [0.717, 1.165) is 0 Å². The zero-order valence-electron chi connectivity index (χ0n) is 9.37. The summed E-state index contributed by atoms with van der Waals surface area (Å²) in [6.07, 6.45) is 3.87. The maximum absolute atomic E-state index is 11.9. The summed E-state index contributed by atoms with van der Waals surface area (Å²) >= 11 is 5.66. The third-order valence-electron chi connectivity index (χ3n) is 2.12. The lowest BCUT2D eigenvalue weighted by molar-refractivity contribution is 0.0691. The third kappa shape index (κ3) is 3.02. The van der Waals surface area contributed by atoms with Gasteiger partial charge in [-0.3, -0.25) is 4.79 Å². The molecule has 8 heteroatoms. The van der Waals surface area contributed by atoms with Crippen LogP contribution in [0.1, 0.15) is 20.8 Å². The second-order valence-corrected chi connectivity index (χ2v) is 3.77. The zero-order valence-corrected chi connectivity index (χ0v) is 10.1. The SMILES string of the molecule is O=C(Nc1nccnc1C(=O)O)c1ccnc(Cl)c1. The molecule has 2 rings (SSSR count). The lowest BCUT2D eigenvalue weighted by Crippen LogP contribution is -2.17. The summed E-state index contributed by atoms with van der Waals surface area (Å²) in [5.74, 6) is -1.96. The first kappa shape index (κ1) is 12.9. The number of nitrogens with zero attached hydrogens (tertiary/aromatic N) is 3. The third-order valence-corrected chi connectivity index (χ3v) is 2.33. The van der Waals surface area contributed by atoms with Crippen LogP contribution in [0.4, 0.5) is 5.82 Å². The first-order chi connectivity index (χ1) is 9.08. The number of hydrogen-bond donors (Lipinski definition) is 2. The van der Waals surface area contributed by atoms with Gasteiger partial charge in [-0.15, -0.1) is 0 Å². The van der Waals surface area contributed by atoms with E-state index in [0.29, 0.717) is 0 Å². The second kappa shape index (κ2) is 5.40. The van der Waals surface area contributed by atoms with Crippen LogP contribution in [0, 0.1) is 0 Å². The number of carbonyl (C=O) groups is 2. The number of anilines is 1. The highest BCUT2D eigenvalue weighted by molar-refractivity contribution is 6.29. The van der Waals surface area contributed by atoms with Crippen LogP contribution in [0.3, 0.4) is 0 Å². The minimum Gasteiger partial charge on any atom is -0.476 e. The van der Waals surface area contributed by atoms with Gasteiger partial charge in [0.2, 0.25) is 0 Å². The summed E-state index contributed by atoms with van der Waals surface area (Å²) in [7, 11) is 0. The molecular weight excluding hydrogens is 272 g/mol. The Bertz CT molecular complexity index is 647. The molecule has 0 aliphatic carbocycles. The van der Waals surface area contributed by atoms with E-state index in [1.54, 1.807) is 0 Å². The average Bonchev–Trinajstić information content (AvgIpc) is 2.39. The van der Waals surface area contributed by atoms with Crippen molar-refractivity contribution in [2.45, 2.75) is 0 Å². The van der Waals surface area contributed by atoms with Crippen LogP contribution in [-0.4, -0.2) is 31.9 Å². The summed E-state index contributed by atoms with van der Waals surface area (Å²) in [5, 5.41) is 11.4. The van der Waals surface area contributed by atoms with Gasteiger partial charge < -0.3 is 10.4 Å². The Labute approximate surface area is 112 Å². The molecule has 0 aromatic carbocycles. The van der Waals surface area contributed by atoms with Gasteiger partial charge in [0.15, 0.2) is 11.5 Å². The highest BCUT2D eigenvalue weighted by Gasteiger charge is 2.16. The number of hydrogen-bond acceptors (Lipinski definition) is 5. The van der Waals surface area contributed by atoms with Gasteiger partial charge in [0.1, 0.15) is 5.15 Å². The van der Waals surface area contributed by atoms with E-state index in [9.17, 15) is 9.59 Å². The molecule has 0 bridgehead atoms. The van der Waals surface area contributed by atoms with E-state index < -0.39 is 11.9 Å². The van der Waals surface area contributed by atoms with Gasteiger partial charge in [-0.25, -0.2) is 19.7 Å².